The van der Waals surface area contributed by atoms with E-state index in [1.807, 2.05) is 6.92 Å². The molecular weight excluding hydrogens is 218 g/mol. The van der Waals surface area contributed by atoms with Gasteiger partial charge in [0.15, 0.2) is 5.15 Å². The van der Waals surface area contributed by atoms with Crippen LogP contribution in [0, 0.1) is 0 Å². The maximum absolute atomic E-state index is 11.4. The smallest absolute Gasteiger partial charge is 0.288 e. The molecule has 82 valence electrons. The van der Waals surface area contributed by atoms with Crippen molar-refractivity contribution < 1.29 is 4.79 Å². The summed E-state index contributed by atoms with van der Waals surface area (Å²) in [6.07, 6.45) is 3.67. The summed E-state index contributed by atoms with van der Waals surface area (Å²) < 4.78 is 1.22. The quantitative estimate of drug-likeness (QED) is 0.814. The van der Waals surface area contributed by atoms with Crippen LogP contribution < -0.4 is 10.9 Å². The molecule has 0 atom stereocenters. The van der Waals surface area contributed by atoms with Crippen LogP contribution in [0.1, 0.15) is 13.3 Å². The molecular formula is C9H12ClN3O2. The SMILES string of the molecule is CCCNC(=O)Cn1ccnc(Cl)c1=O. The van der Waals surface area contributed by atoms with E-state index in [-0.39, 0.29) is 17.6 Å². The molecule has 0 aliphatic carbocycles. The highest BCUT2D eigenvalue weighted by molar-refractivity contribution is 6.29. The van der Waals surface area contributed by atoms with Gasteiger partial charge in [0.2, 0.25) is 5.91 Å². The van der Waals surface area contributed by atoms with E-state index in [1.54, 1.807) is 0 Å². The van der Waals surface area contributed by atoms with Crippen molar-refractivity contribution in [2.45, 2.75) is 19.9 Å². The normalized spacial score (nSPS) is 10.0. The standard InChI is InChI=1S/C9H12ClN3O2/c1-2-3-11-7(14)6-13-5-4-12-8(10)9(13)15/h4-5H,2-3,6H2,1H3,(H,11,14). The maximum atomic E-state index is 11.4. The number of halogens is 1. The Morgan fingerprint density at radius 2 is 2.40 bits per heavy atom. The zero-order chi connectivity index (χ0) is 11.3. The summed E-state index contributed by atoms with van der Waals surface area (Å²) >= 11 is 5.53. The second-order valence-electron chi connectivity index (χ2n) is 3.00. The summed E-state index contributed by atoms with van der Waals surface area (Å²) in [5.41, 5.74) is -0.453. The summed E-state index contributed by atoms with van der Waals surface area (Å²) in [6, 6.07) is 0. The van der Waals surface area contributed by atoms with Crippen molar-refractivity contribution in [2.75, 3.05) is 6.54 Å². The van der Waals surface area contributed by atoms with Gasteiger partial charge in [0, 0.05) is 18.9 Å². The predicted molar refractivity (Wildman–Crippen MR) is 56.8 cm³/mol. The fourth-order valence-electron chi connectivity index (χ4n) is 1.02. The van der Waals surface area contributed by atoms with Crippen molar-refractivity contribution in [1.82, 2.24) is 14.9 Å². The molecule has 1 aromatic rings. The third-order valence-corrected chi connectivity index (χ3v) is 2.02. The fraction of sp³-hybridized carbons (Fsp3) is 0.444. The van der Waals surface area contributed by atoms with E-state index in [9.17, 15) is 9.59 Å². The molecule has 0 fully saturated rings. The van der Waals surface area contributed by atoms with Gasteiger partial charge >= 0.3 is 0 Å². The van der Waals surface area contributed by atoms with Crippen molar-refractivity contribution in [2.24, 2.45) is 0 Å². The number of carbonyl (C=O) groups is 1. The van der Waals surface area contributed by atoms with Crippen molar-refractivity contribution >= 4 is 17.5 Å². The Labute approximate surface area is 92.1 Å². The molecule has 0 radical (unpaired) electrons. The number of aromatic nitrogens is 2. The summed E-state index contributed by atoms with van der Waals surface area (Å²) in [7, 11) is 0. The zero-order valence-corrected chi connectivity index (χ0v) is 9.12. The minimum Gasteiger partial charge on any atom is -0.355 e. The van der Waals surface area contributed by atoms with E-state index in [1.165, 1.54) is 17.0 Å². The summed E-state index contributed by atoms with van der Waals surface area (Å²) in [4.78, 5) is 26.3. The van der Waals surface area contributed by atoms with Gasteiger partial charge < -0.3 is 9.88 Å². The van der Waals surface area contributed by atoms with Gasteiger partial charge in [0.25, 0.3) is 5.56 Å². The van der Waals surface area contributed by atoms with Gasteiger partial charge in [-0.1, -0.05) is 18.5 Å². The molecule has 0 saturated carbocycles. The van der Waals surface area contributed by atoms with E-state index >= 15 is 0 Å². The van der Waals surface area contributed by atoms with Gasteiger partial charge in [0.1, 0.15) is 6.54 Å². The van der Waals surface area contributed by atoms with Crippen molar-refractivity contribution in [3.05, 3.63) is 27.9 Å². The van der Waals surface area contributed by atoms with Gasteiger partial charge in [-0.2, -0.15) is 0 Å². The predicted octanol–water partition coefficient (Wildman–Crippen LogP) is 0.423. The van der Waals surface area contributed by atoms with Crippen molar-refractivity contribution in [3.8, 4) is 0 Å². The van der Waals surface area contributed by atoms with Crippen LogP contribution in [0.3, 0.4) is 0 Å². The van der Waals surface area contributed by atoms with Crippen molar-refractivity contribution in [3.63, 3.8) is 0 Å². The number of rotatable bonds is 4. The first-order chi connectivity index (χ1) is 7.15. The Hall–Kier alpha value is -1.36. The van der Waals surface area contributed by atoms with E-state index < -0.39 is 5.56 Å². The van der Waals surface area contributed by atoms with Gasteiger partial charge in [0.05, 0.1) is 0 Å². The largest absolute Gasteiger partial charge is 0.355 e. The molecule has 1 amide bonds. The first-order valence-electron chi connectivity index (χ1n) is 4.62. The maximum Gasteiger partial charge on any atom is 0.288 e. The molecule has 0 aliphatic heterocycles. The molecule has 1 N–H and O–H groups in total. The topological polar surface area (TPSA) is 64.0 Å². The van der Waals surface area contributed by atoms with E-state index in [4.69, 9.17) is 11.6 Å². The summed E-state index contributed by atoms with van der Waals surface area (Å²) in [5, 5.41) is 2.54. The highest BCUT2D eigenvalue weighted by atomic mass is 35.5. The highest BCUT2D eigenvalue weighted by Crippen LogP contribution is 1.93. The van der Waals surface area contributed by atoms with Crippen LogP contribution in [0.5, 0.6) is 0 Å². The Kier molecular flexibility index (Phi) is 4.30. The number of carbonyl (C=O) groups excluding carboxylic acids is 1. The van der Waals surface area contributed by atoms with Crippen LogP contribution in [-0.4, -0.2) is 22.0 Å². The minimum absolute atomic E-state index is 0.0267. The van der Waals surface area contributed by atoms with Crippen LogP contribution in [0.15, 0.2) is 17.2 Å². The summed E-state index contributed by atoms with van der Waals surface area (Å²) in [6.45, 7) is 2.53. The molecule has 0 unspecified atom stereocenters. The molecule has 1 aromatic heterocycles. The second kappa shape index (κ2) is 5.50. The second-order valence-corrected chi connectivity index (χ2v) is 3.36. The van der Waals surface area contributed by atoms with Gasteiger partial charge in [-0.25, -0.2) is 4.98 Å². The van der Waals surface area contributed by atoms with Gasteiger partial charge in [-0.05, 0) is 6.42 Å². The lowest BCUT2D eigenvalue weighted by Gasteiger charge is -2.05. The van der Waals surface area contributed by atoms with Crippen LogP contribution >= 0.6 is 11.6 Å². The molecule has 1 rings (SSSR count). The Morgan fingerprint density at radius 3 is 3.07 bits per heavy atom. The molecule has 0 saturated heterocycles. The van der Waals surface area contributed by atoms with E-state index in [0.29, 0.717) is 6.54 Å². The molecule has 0 bridgehead atoms. The highest BCUT2D eigenvalue weighted by Gasteiger charge is 2.05. The van der Waals surface area contributed by atoms with Gasteiger partial charge in [-0.15, -0.1) is 0 Å². The molecule has 0 aromatic carbocycles. The average Bonchev–Trinajstić information content (AvgIpc) is 2.22. The number of hydrogen-bond donors (Lipinski definition) is 1. The number of nitrogens with one attached hydrogen (secondary N) is 1. The number of nitrogens with zero attached hydrogens (tertiary/aromatic N) is 2. The third-order valence-electron chi connectivity index (χ3n) is 1.76. The number of amides is 1. The first kappa shape index (κ1) is 11.7. The monoisotopic (exact) mass is 229 g/mol. The van der Waals surface area contributed by atoms with Crippen LogP contribution in [0.2, 0.25) is 5.15 Å². The van der Waals surface area contributed by atoms with E-state index in [2.05, 4.69) is 10.3 Å². The summed E-state index contributed by atoms with van der Waals surface area (Å²) in [5.74, 6) is -0.207. The fourth-order valence-corrected chi connectivity index (χ4v) is 1.19. The van der Waals surface area contributed by atoms with E-state index in [0.717, 1.165) is 6.42 Å². The van der Waals surface area contributed by atoms with Crippen LogP contribution in [-0.2, 0) is 11.3 Å². The van der Waals surface area contributed by atoms with Gasteiger partial charge in [-0.3, -0.25) is 9.59 Å². The molecule has 15 heavy (non-hydrogen) atoms. The zero-order valence-electron chi connectivity index (χ0n) is 8.36. The van der Waals surface area contributed by atoms with Crippen LogP contribution in [0.25, 0.3) is 0 Å². The Morgan fingerprint density at radius 1 is 1.67 bits per heavy atom. The average molecular weight is 230 g/mol. The van der Waals surface area contributed by atoms with Crippen LogP contribution in [0.4, 0.5) is 0 Å². The molecule has 0 spiro atoms. The van der Waals surface area contributed by atoms with Crippen molar-refractivity contribution in [1.29, 1.82) is 0 Å². The molecule has 5 nitrogen and oxygen atoms in total. The lowest BCUT2D eigenvalue weighted by atomic mass is 10.4. The Balaban J connectivity index is 2.69. The minimum atomic E-state index is -0.453. The first-order valence-corrected chi connectivity index (χ1v) is 5.00. The molecule has 0 aliphatic rings. The lowest BCUT2D eigenvalue weighted by Crippen LogP contribution is -2.32. The molecule has 1 heterocycles. The molecule has 6 heteroatoms. The number of hydrogen-bond acceptors (Lipinski definition) is 3. The lowest BCUT2D eigenvalue weighted by molar-refractivity contribution is -0.121. The third kappa shape index (κ3) is 3.36. The Bertz CT molecular complexity index is 403.